The zero-order chi connectivity index (χ0) is 28.3. The van der Waals surface area contributed by atoms with E-state index in [4.69, 9.17) is 14.4 Å². The second-order valence-electron chi connectivity index (χ2n) is 11.2. The van der Waals surface area contributed by atoms with Gasteiger partial charge in [0.05, 0.1) is 33.8 Å². The Morgan fingerprint density at radius 2 is 0.976 bits per heavy atom. The SMILES string of the molecule is CCCC1=Cc2nc1ccc1[nH]c(cc1CCC)c1ccc(o1)c1cc(CCC)c(ccc3nc2C=C3CCC)[nH]1. The van der Waals surface area contributed by atoms with Crippen molar-refractivity contribution in [3.8, 4) is 0 Å². The lowest BCUT2D eigenvalue weighted by molar-refractivity contribution is 0.671. The zero-order valence-corrected chi connectivity index (χ0v) is 24.7. The van der Waals surface area contributed by atoms with Crippen molar-refractivity contribution in [2.75, 3.05) is 0 Å². The first-order valence-electron chi connectivity index (χ1n) is 15.3. The predicted octanol–water partition coefficient (Wildman–Crippen LogP) is 10.2. The molecule has 0 unspecified atom stereocenters. The number of nitrogens with zero attached hydrogens (tertiary/aromatic N) is 2. The highest BCUT2D eigenvalue weighted by Crippen LogP contribution is 2.32. The van der Waals surface area contributed by atoms with Crippen LogP contribution in [0.4, 0.5) is 0 Å². The molecule has 0 fully saturated rings. The van der Waals surface area contributed by atoms with Gasteiger partial charge < -0.3 is 14.4 Å². The summed E-state index contributed by atoms with van der Waals surface area (Å²) in [4.78, 5) is 17.5. The number of H-pyrrole nitrogens is 2. The lowest BCUT2D eigenvalue weighted by Gasteiger charge is -1.97. The van der Waals surface area contributed by atoms with E-state index < -0.39 is 0 Å². The van der Waals surface area contributed by atoms with E-state index in [1.165, 1.54) is 22.3 Å². The van der Waals surface area contributed by atoms with Crippen molar-refractivity contribution in [2.45, 2.75) is 79.1 Å². The average Bonchev–Trinajstić information content (AvgIpc) is 3.78. The fourth-order valence-corrected chi connectivity index (χ4v) is 5.93. The lowest BCUT2D eigenvalue weighted by atomic mass is 10.1. The van der Waals surface area contributed by atoms with Gasteiger partial charge >= 0.3 is 0 Å². The maximum Gasteiger partial charge on any atom is 0.151 e. The number of allylic oxidation sites excluding steroid dienone is 2. The molecule has 4 aromatic heterocycles. The van der Waals surface area contributed by atoms with Crippen molar-refractivity contribution in [3.05, 3.63) is 82.4 Å². The van der Waals surface area contributed by atoms with E-state index >= 15 is 0 Å². The molecule has 41 heavy (non-hydrogen) atoms. The Labute approximate surface area is 242 Å². The summed E-state index contributed by atoms with van der Waals surface area (Å²) in [5, 5.41) is 0. The fourth-order valence-electron chi connectivity index (χ4n) is 5.93. The molecule has 0 saturated carbocycles. The van der Waals surface area contributed by atoms with Crippen LogP contribution in [0.3, 0.4) is 0 Å². The van der Waals surface area contributed by atoms with Gasteiger partial charge in [-0.1, -0.05) is 53.4 Å². The van der Waals surface area contributed by atoms with Gasteiger partial charge in [-0.25, -0.2) is 9.97 Å². The highest BCUT2D eigenvalue weighted by Gasteiger charge is 2.17. The van der Waals surface area contributed by atoms with E-state index in [0.717, 1.165) is 107 Å². The number of aromatic amines is 2. The smallest absolute Gasteiger partial charge is 0.151 e. The van der Waals surface area contributed by atoms with Crippen molar-refractivity contribution in [1.82, 2.24) is 19.9 Å². The molecule has 0 saturated heterocycles. The van der Waals surface area contributed by atoms with Gasteiger partial charge in [-0.05, 0) is 109 Å². The highest BCUT2D eigenvalue weighted by molar-refractivity contribution is 5.90. The van der Waals surface area contributed by atoms with Crippen molar-refractivity contribution < 1.29 is 4.42 Å². The van der Waals surface area contributed by atoms with Crippen LogP contribution in [0.15, 0.2) is 52.9 Å². The van der Waals surface area contributed by atoms with Crippen LogP contribution in [-0.2, 0) is 12.8 Å². The summed E-state index contributed by atoms with van der Waals surface area (Å²) >= 11 is 0. The van der Waals surface area contributed by atoms with Gasteiger partial charge in [-0.2, -0.15) is 0 Å². The van der Waals surface area contributed by atoms with Crippen molar-refractivity contribution in [1.29, 1.82) is 0 Å². The monoisotopic (exact) mass is 544 g/mol. The molecule has 0 atom stereocenters. The molecule has 2 aliphatic rings. The third-order valence-electron chi connectivity index (χ3n) is 7.92. The minimum atomic E-state index is 0.844. The minimum absolute atomic E-state index is 0.844. The Bertz CT molecular complexity index is 1710. The summed E-state index contributed by atoms with van der Waals surface area (Å²) in [5.41, 5.74) is 15.0. The van der Waals surface area contributed by atoms with Crippen molar-refractivity contribution in [2.24, 2.45) is 0 Å². The van der Waals surface area contributed by atoms with E-state index in [-0.39, 0.29) is 0 Å². The van der Waals surface area contributed by atoms with Crippen LogP contribution in [0.5, 0.6) is 0 Å². The molecule has 10 bridgehead atoms. The average molecular weight is 545 g/mol. The quantitative estimate of drug-likeness (QED) is 0.232. The fraction of sp³-hybridized carbons (Fsp3) is 0.333. The van der Waals surface area contributed by atoms with Gasteiger partial charge in [0, 0.05) is 11.0 Å². The number of furan rings is 1. The zero-order valence-electron chi connectivity index (χ0n) is 24.7. The molecule has 0 radical (unpaired) electrons. The third-order valence-corrected chi connectivity index (χ3v) is 7.92. The summed E-state index contributed by atoms with van der Waals surface area (Å²) in [6, 6.07) is 17.3. The van der Waals surface area contributed by atoms with Crippen molar-refractivity contribution in [3.63, 3.8) is 0 Å². The van der Waals surface area contributed by atoms with Crippen molar-refractivity contribution >= 4 is 56.5 Å². The second-order valence-corrected chi connectivity index (χ2v) is 11.2. The summed E-state index contributed by atoms with van der Waals surface area (Å²) in [6.45, 7) is 8.89. The molecule has 0 spiro atoms. The first-order chi connectivity index (χ1) is 20.1. The number of hydrogen-bond acceptors (Lipinski definition) is 3. The molecule has 5 heteroatoms. The molecule has 2 N–H and O–H groups in total. The van der Waals surface area contributed by atoms with Gasteiger partial charge in [-0.3, -0.25) is 0 Å². The van der Waals surface area contributed by atoms with E-state index in [1.54, 1.807) is 0 Å². The van der Waals surface area contributed by atoms with Gasteiger partial charge in [-0.15, -0.1) is 0 Å². The minimum Gasteiger partial charge on any atom is -0.453 e. The standard InChI is InChI=1S/C36H40N4O/c1-5-9-23-19-31-32-20-24(10-6-2)28(38-32)14-16-30-26(12-8-4)22-34(40-30)36-18-17-35(41-36)33-21-25(11-7-3)29(39-33)15-13-27(23)37-31/h13-22,39-40H,5-12H2,1-4H3. The van der Waals surface area contributed by atoms with Crippen LogP contribution < -0.4 is 0 Å². The Balaban J connectivity index is 1.68. The Kier molecular flexibility index (Phi) is 7.78. The molecule has 210 valence electrons. The Morgan fingerprint density at radius 1 is 0.537 bits per heavy atom. The van der Waals surface area contributed by atoms with Crippen LogP contribution in [0.25, 0.3) is 56.5 Å². The van der Waals surface area contributed by atoms with E-state index in [0.29, 0.717) is 0 Å². The van der Waals surface area contributed by atoms with Gasteiger partial charge in [0.25, 0.3) is 0 Å². The maximum atomic E-state index is 6.42. The molecule has 0 aliphatic carbocycles. The van der Waals surface area contributed by atoms with Crippen LogP contribution >= 0.6 is 0 Å². The van der Waals surface area contributed by atoms with Crippen LogP contribution in [0.1, 0.15) is 100 Å². The second kappa shape index (κ2) is 11.8. The molecule has 4 aromatic rings. The topological polar surface area (TPSA) is 70.5 Å². The molecule has 0 aromatic carbocycles. The van der Waals surface area contributed by atoms with E-state index in [9.17, 15) is 0 Å². The summed E-state index contributed by atoms with van der Waals surface area (Å²) in [6.07, 6.45) is 12.7. The molecule has 2 aliphatic heterocycles. The lowest BCUT2D eigenvalue weighted by Crippen LogP contribution is -1.83. The van der Waals surface area contributed by atoms with E-state index in [1.807, 2.05) is 0 Å². The summed E-state index contributed by atoms with van der Waals surface area (Å²) in [7, 11) is 0. The number of fused-ring (bicyclic) bond motifs is 13. The van der Waals surface area contributed by atoms with E-state index in [2.05, 4.69) is 98.3 Å². The molecule has 6 heterocycles. The predicted molar refractivity (Wildman–Crippen MR) is 173 cm³/mol. The molecular weight excluding hydrogens is 504 g/mol. The number of aryl methyl sites for hydroxylation is 2. The largest absolute Gasteiger partial charge is 0.453 e. The third kappa shape index (κ3) is 5.46. The Morgan fingerprint density at radius 3 is 1.39 bits per heavy atom. The normalized spacial score (nSPS) is 13.0. The first-order valence-corrected chi connectivity index (χ1v) is 15.3. The summed E-state index contributed by atoms with van der Waals surface area (Å²) in [5.74, 6) is 0. The number of aromatic nitrogens is 4. The highest BCUT2D eigenvalue weighted by atomic mass is 16.3. The molecule has 0 amide bonds. The van der Waals surface area contributed by atoms with Crippen LogP contribution in [0, 0.1) is 0 Å². The summed E-state index contributed by atoms with van der Waals surface area (Å²) < 4.78 is 6.42. The Hall–Kier alpha value is -4.12. The van der Waals surface area contributed by atoms with Crippen LogP contribution in [0.2, 0.25) is 0 Å². The maximum absolute atomic E-state index is 6.42. The first kappa shape index (κ1) is 27.1. The molecule has 5 nitrogen and oxygen atoms in total. The molecule has 6 rings (SSSR count). The van der Waals surface area contributed by atoms with Gasteiger partial charge in [0.2, 0.25) is 0 Å². The number of rotatable bonds is 8. The molecular formula is C36H40N4O. The van der Waals surface area contributed by atoms with Gasteiger partial charge in [0.1, 0.15) is 0 Å². The number of hydrogen-bond donors (Lipinski definition) is 2. The number of nitrogens with one attached hydrogen (secondary N) is 2. The van der Waals surface area contributed by atoms with Gasteiger partial charge in [0.15, 0.2) is 11.2 Å². The van der Waals surface area contributed by atoms with Crippen LogP contribution in [-0.4, -0.2) is 19.9 Å².